The Kier molecular flexibility index (Phi) is 2.56. The molecule has 0 spiro atoms. The van der Waals surface area contributed by atoms with Crippen molar-refractivity contribution in [1.82, 2.24) is 0 Å². The molecule has 0 aliphatic heterocycles. The molecule has 0 fully saturated rings. The largest absolute Gasteiger partial charge is 0.478 e. The molecule has 0 amide bonds. The third-order valence-corrected chi connectivity index (χ3v) is 3.17. The highest BCUT2D eigenvalue weighted by Gasteiger charge is 2.12. The molecule has 1 aromatic carbocycles. The van der Waals surface area contributed by atoms with Gasteiger partial charge in [-0.1, -0.05) is 29.8 Å². The molecule has 1 aromatic heterocycles. The Morgan fingerprint density at radius 1 is 1.20 bits per heavy atom. The summed E-state index contributed by atoms with van der Waals surface area (Å²) in [6, 6.07) is 9.52. The fourth-order valence-corrected chi connectivity index (χ4v) is 2.30. The lowest BCUT2D eigenvalue weighted by atomic mass is 10.1. The number of carboxylic acids is 1. The van der Waals surface area contributed by atoms with Gasteiger partial charge in [0.05, 0.1) is 5.56 Å². The minimum absolute atomic E-state index is 0.379. The number of carbonyl (C=O) groups is 1. The van der Waals surface area contributed by atoms with Crippen molar-refractivity contribution in [2.45, 2.75) is 6.92 Å². The van der Waals surface area contributed by atoms with Crippen LogP contribution in [-0.4, -0.2) is 11.1 Å². The standard InChI is InChI=1S/C12H10O2S/c1-8-2-4-9(5-3-8)11-10(12(13)14)6-7-15-11/h2-7H,1H3,(H,13,14). The number of hydrogen-bond donors (Lipinski definition) is 1. The summed E-state index contributed by atoms with van der Waals surface area (Å²) in [6.45, 7) is 2.01. The molecule has 0 bridgehead atoms. The molecule has 0 aliphatic carbocycles. The van der Waals surface area contributed by atoms with E-state index in [4.69, 9.17) is 5.11 Å². The molecule has 0 saturated heterocycles. The van der Waals surface area contributed by atoms with Crippen molar-refractivity contribution in [3.8, 4) is 10.4 Å². The molecular formula is C12H10O2S. The van der Waals surface area contributed by atoms with Gasteiger partial charge in [-0.05, 0) is 23.9 Å². The molecule has 2 aromatic rings. The maximum absolute atomic E-state index is 10.9. The summed E-state index contributed by atoms with van der Waals surface area (Å²) >= 11 is 1.46. The number of benzene rings is 1. The molecule has 0 unspecified atom stereocenters. The lowest BCUT2D eigenvalue weighted by Gasteiger charge is -2.00. The van der Waals surface area contributed by atoms with Gasteiger partial charge in [0.25, 0.3) is 0 Å². The van der Waals surface area contributed by atoms with Gasteiger partial charge in [0.1, 0.15) is 0 Å². The highest BCUT2D eigenvalue weighted by molar-refractivity contribution is 7.14. The van der Waals surface area contributed by atoms with Crippen LogP contribution in [0, 0.1) is 6.92 Å². The predicted molar refractivity (Wildman–Crippen MR) is 61.5 cm³/mol. The first-order valence-corrected chi connectivity index (χ1v) is 5.44. The summed E-state index contributed by atoms with van der Waals surface area (Å²) in [5, 5.41) is 10.8. The van der Waals surface area contributed by atoms with Crippen molar-refractivity contribution in [2.24, 2.45) is 0 Å². The van der Waals surface area contributed by atoms with E-state index in [2.05, 4.69) is 0 Å². The van der Waals surface area contributed by atoms with Crippen LogP contribution in [0.3, 0.4) is 0 Å². The fraction of sp³-hybridized carbons (Fsp3) is 0.0833. The van der Waals surface area contributed by atoms with Crippen LogP contribution in [0.2, 0.25) is 0 Å². The van der Waals surface area contributed by atoms with Crippen molar-refractivity contribution in [3.63, 3.8) is 0 Å². The minimum Gasteiger partial charge on any atom is -0.478 e. The Morgan fingerprint density at radius 2 is 1.87 bits per heavy atom. The Labute approximate surface area is 91.8 Å². The first-order valence-electron chi connectivity index (χ1n) is 4.56. The van der Waals surface area contributed by atoms with Gasteiger partial charge in [-0.15, -0.1) is 11.3 Å². The summed E-state index contributed by atoms with van der Waals surface area (Å²) in [6.07, 6.45) is 0. The number of thiophene rings is 1. The Balaban J connectivity index is 2.49. The van der Waals surface area contributed by atoms with Crippen molar-refractivity contribution in [1.29, 1.82) is 0 Å². The van der Waals surface area contributed by atoms with E-state index in [1.165, 1.54) is 16.9 Å². The molecule has 76 valence electrons. The Morgan fingerprint density at radius 3 is 2.47 bits per heavy atom. The normalized spacial score (nSPS) is 10.2. The number of aromatic carboxylic acids is 1. The molecule has 3 heteroatoms. The van der Waals surface area contributed by atoms with Crippen molar-refractivity contribution in [2.75, 3.05) is 0 Å². The molecule has 15 heavy (non-hydrogen) atoms. The number of hydrogen-bond acceptors (Lipinski definition) is 2. The molecular weight excluding hydrogens is 208 g/mol. The second-order valence-corrected chi connectivity index (χ2v) is 4.25. The van der Waals surface area contributed by atoms with E-state index in [0.717, 1.165) is 10.4 Å². The maximum atomic E-state index is 10.9. The average Bonchev–Trinajstić information content (AvgIpc) is 2.67. The van der Waals surface area contributed by atoms with Crippen molar-refractivity contribution < 1.29 is 9.90 Å². The molecule has 2 nitrogen and oxygen atoms in total. The van der Waals surface area contributed by atoms with Crippen LogP contribution in [0.1, 0.15) is 15.9 Å². The number of rotatable bonds is 2. The second-order valence-electron chi connectivity index (χ2n) is 3.33. The molecule has 0 saturated carbocycles. The zero-order valence-electron chi connectivity index (χ0n) is 8.23. The molecule has 2 rings (SSSR count). The minimum atomic E-state index is -0.869. The van der Waals surface area contributed by atoms with Crippen LogP contribution in [0.25, 0.3) is 10.4 Å². The van der Waals surface area contributed by atoms with Crippen LogP contribution in [0.4, 0.5) is 0 Å². The van der Waals surface area contributed by atoms with Crippen molar-refractivity contribution in [3.05, 3.63) is 46.8 Å². The molecule has 0 aliphatic rings. The van der Waals surface area contributed by atoms with Crippen molar-refractivity contribution >= 4 is 17.3 Å². The lowest BCUT2D eigenvalue weighted by Crippen LogP contribution is -1.95. The summed E-state index contributed by atoms with van der Waals surface area (Å²) in [5.74, 6) is -0.869. The van der Waals surface area contributed by atoms with E-state index >= 15 is 0 Å². The highest BCUT2D eigenvalue weighted by atomic mass is 32.1. The van der Waals surface area contributed by atoms with Crippen LogP contribution >= 0.6 is 11.3 Å². The van der Waals surface area contributed by atoms with E-state index < -0.39 is 5.97 Å². The SMILES string of the molecule is Cc1ccc(-c2sccc2C(=O)O)cc1. The third-order valence-electron chi connectivity index (χ3n) is 2.21. The van der Waals surface area contributed by atoms with Gasteiger partial charge in [-0.3, -0.25) is 0 Å². The van der Waals surface area contributed by atoms with Gasteiger partial charge in [0, 0.05) is 4.88 Å². The van der Waals surface area contributed by atoms with E-state index in [-0.39, 0.29) is 0 Å². The van der Waals surface area contributed by atoms with Gasteiger partial charge < -0.3 is 5.11 Å². The van der Waals surface area contributed by atoms with Gasteiger partial charge in [0.2, 0.25) is 0 Å². The van der Waals surface area contributed by atoms with Crippen LogP contribution in [-0.2, 0) is 0 Å². The van der Waals surface area contributed by atoms with Gasteiger partial charge in [-0.25, -0.2) is 4.79 Å². The summed E-state index contributed by atoms with van der Waals surface area (Å²) in [7, 11) is 0. The highest BCUT2D eigenvalue weighted by Crippen LogP contribution is 2.29. The Hall–Kier alpha value is -1.61. The topological polar surface area (TPSA) is 37.3 Å². The Bertz CT molecular complexity index is 483. The third kappa shape index (κ3) is 1.92. The molecule has 0 radical (unpaired) electrons. The average molecular weight is 218 g/mol. The number of aryl methyl sites for hydroxylation is 1. The number of carboxylic acid groups (broad SMARTS) is 1. The maximum Gasteiger partial charge on any atom is 0.337 e. The van der Waals surface area contributed by atoms with Gasteiger partial charge >= 0.3 is 5.97 Å². The predicted octanol–water partition coefficient (Wildman–Crippen LogP) is 3.42. The summed E-state index contributed by atoms with van der Waals surface area (Å²) < 4.78 is 0. The van der Waals surface area contributed by atoms with Gasteiger partial charge in [0.15, 0.2) is 0 Å². The zero-order valence-corrected chi connectivity index (χ0v) is 9.04. The quantitative estimate of drug-likeness (QED) is 0.838. The first kappa shape index (κ1) is 9.93. The summed E-state index contributed by atoms with van der Waals surface area (Å²) in [4.78, 5) is 11.8. The van der Waals surface area contributed by atoms with Crippen LogP contribution < -0.4 is 0 Å². The molecule has 0 atom stereocenters. The summed E-state index contributed by atoms with van der Waals surface area (Å²) in [5.41, 5.74) is 2.52. The van der Waals surface area contributed by atoms with Crippen LogP contribution in [0.5, 0.6) is 0 Å². The van der Waals surface area contributed by atoms with Crippen LogP contribution in [0.15, 0.2) is 35.7 Å². The molecule has 1 N–H and O–H groups in total. The van der Waals surface area contributed by atoms with Gasteiger partial charge in [-0.2, -0.15) is 0 Å². The lowest BCUT2D eigenvalue weighted by molar-refractivity contribution is 0.0698. The van der Waals surface area contributed by atoms with E-state index in [9.17, 15) is 4.79 Å². The monoisotopic (exact) mass is 218 g/mol. The zero-order chi connectivity index (χ0) is 10.8. The van der Waals surface area contributed by atoms with E-state index in [1.807, 2.05) is 31.2 Å². The molecule has 1 heterocycles. The second kappa shape index (κ2) is 3.87. The smallest absolute Gasteiger partial charge is 0.337 e. The van der Waals surface area contributed by atoms with E-state index in [1.54, 1.807) is 11.4 Å². The first-order chi connectivity index (χ1) is 7.18. The fourth-order valence-electron chi connectivity index (χ4n) is 1.41. The van der Waals surface area contributed by atoms with E-state index in [0.29, 0.717) is 5.56 Å².